The second kappa shape index (κ2) is 6.45. The third-order valence-corrected chi connectivity index (χ3v) is 3.44. The molecular weight excluding hydrogens is 312 g/mol. The fourth-order valence-corrected chi connectivity index (χ4v) is 2.34. The van der Waals surface area contributed by atoms with Gasteiger partial charge in [0.15, 0.2) is 5.75 Å². The summed E-state index contributed by atoms with van der Waals surface area (Å²) in [5, 5.41) is 0.348. The maximum Gasteiger partial charge on any atom is 0.383 e. The van der Waals surface area contributed by atoms with E-state index in [1.165, 1.54) is 14.2 Å². The van der Waals surface area contributed by atoms with Gasteiger partial charge in [-0.3, -0.25) is 0 Å². The summed E-state index contributed by atoms with van der Waals surface area (Å²) >= 11 is 0. The molecule has 0 saturated heterocycles. The topological polar surface area (TPSA) is 75.0 Å². The molecule has 0 amide bonds. The van der Waals surface area contributed by atoms with Crippen molar-refractivity contribution in [3.05, 3.63) is 64.5 Å². The average Bonchev–Trinajstić information content (AvgIpc) is 2.61. The van der Waals surface area contributed by atoms with Crippen LogP contribution in [-0.2, 0) is 0 Å². The lowest BCUT2D eigenvalue weighted by molar-refractivity contribution is 0.0731. The Morgan fingerprint density at radius 2 is 1.67 bits per heavy atom. The molecule has 3 rings (SSSR count). The molecule has 3 aromatic rings. The van der Waals surface area contributed by atoms with Crippen LogP contribution in [0.2, 0.25) is 0 Å². The number of methoxy groups -OCH3 is 2. The van der Waals surface area contributed by atoms with Crippen LogP contribution < -0.4 is 19.8 Å². The highest BCUT2D eigenvalue weighted by Gasteiger charge is 2.23. The van der Waals surface area contributed by atoms with Gasteiger partial charge in [-0.2, -0.15) is 0 Å². The molecule has 2 aromatic carbocycles. The van der Waals surface area contributed by atoms with E-state index in [2.05, 4.69) is 0 Å². The summed E-state index contributed by atoms with van der Waals surface area (Å²) in [6.07, 6.45) is 0. The monoisotopic (exact) mass is 326 g/mol. The molecule has 6 heteroatoms. The Morgan fingerprint density at radius 1 is 0.917 bits per heavy atom. The van der Waals surface area contributed by atoms with Crippen LogP contribution in [0.3, 0.4) is 0 Å². The maximum atomic E-state index is 12.4. The third-order valence-electron chi connectivity index (χ3n) is 3.44. The molecule has 0 N–H and O–H groups in total. The first-order chi connectivity index (χ1) is 11.7. The van der Waals surface area contributed by atoms with Gasteiger partial charge in [0.1, 0.15) is 16.7 Å². The number of carbonyl (C=O) groups excluding carboxylic acids is 1. The van der Waals surface area contributed by atoms with Crippen molar-refractivity contribution in [3.8, 4) is 17.2 Å². The molecule has 0 bridgehead atoms. The molecule has 0 atom stereocenters. The van der Waals surface area contributed by atoms with Gasteiger partial charge < -0.3 is 18.6 Å². The van der Waals surface area contributed by atoms with Gasteiger partial charge in [0.05, 0.1) is 19.8 Å². The van der Waals surface area contributed by atoms with Gasteiger partial charge in [0, 0.05) is 0 Å². The van der Waals surface area contributed by atoms with Crippen molar-refractivity contribution in [1.29, 1.82) is 0 Å². The van der Waals surface area contributed by atoms with Gasteiger partial charge in [-0.05, 0) is 24.3 Å². The first kappa shape index (κ1) is 15.6. The van der Waals surface area contributed by atoms with Crippen LogP contribution in [-0.4, -0.2) is 20.2 Å². The molecule has 0 unspecified atom stereocenters. The van der Waals surface area contributed by atoms with E-state index in [4.69, 9.17) is 18.6 Å². The fourth-order valence-electron chi connectivity index (χ4n) is 2.34. The normalized spacial score (nSPS) is 10.4. The summed E-state index contributed by atoms with van der Waals surface area (Å²) in [4.78, 5) is 24.5. The Labute approximate surface area is 137 Å². The number of benzene rings is 2. The van der Waals surface area contributed by atoms with Crippen LogP contribution in [0.5, 0.6) is 17.2 Å². The predicted octanol–water partition coefficient (Wildman–Crippen LogP) is 3.03. The third kappa shape index (κ3) is 2.69. The number of rotatable bonds is 4. The van der Waals surface area contributed by atoms with E-state index in [0.29, 0.717) is 16.7 Å². The second-order valence-corrected chi connectivity index (χ2v) is 4.84. The summed E-state index contributed by atoms with van der Waals surface area (Å²) in [7, 11) is 2.77. The minimum Gasteiger partial charge on any atom is -0.496 e. The van der Waals surface area contributed by atoms with Crippen LogP contribution in [0.1, 0.15) is 10.4 Å². The van der Waals surface area contributed by atoms with Gasteiger partial charge >= 0.3 is 11.6 Å². The van der Waals surface area contributed by atoms with Crippen LogP contribution >= 0.6 is 0 Å². The van der Waals surface area contributed by atoms with E-state index in [9.17, 15) is 9.59 Å². The molecule has 0 aliphatic rings. The van der Waals surface area contributed by atoms with Gasteiger partial charge in [0.25, 0.3) is 0 Å². The number of hydrogen-bond donors (Lipinski definition) is 0. The first-order valence-corrected chi connectivity index (χ1v) is 7.10. The summed E-state index contributed by atoms with van der Waals surface area (Å²) in [5.41, 5.74) is -0.166. The quantitative estimate of drug-likeness (QED) is 0.542. The van der Waals surface area contributed by atoms with Crippen LogP contribution in [0.25, 0.3) is 11.0 Å². The minimum absolute atomic E-state index is 0.0324. The standard InChI is InChI=1S/C18H14O6/c1-21-12-9-6-10-13-14(12)15(16(22-2)18(20)23-13)24-17(19)11-7-4-3-5-8-11/h3-10H,1-2H3. The largest absolute Gasteiger partial charge is 0.496 e. The van der Waals surface area contributed by atoms with Crippen molar-refractivity contribution < 1.29 is 23.4 Å². The smallest absolute Gasteiger partial charge is 0.383 e. The minimum atomic E-state index is -0.742. The second-order valence-electron chi connectivity index (χ2n) is 4.84. The fraction of sp³-hybridized carbons (Fsp3) is 0.111. The van der Waals surface area contributed by atoms with E-state index in [1.807, 2.05) is 0 Å². The molecule has 24 heavy (non-hydrogen) atoms. The van der Waals surface area contributed by atoms with Crippen molar-refractivity contribution in [2.24, 2.45) is 0 Å². The molecule has 0 saturated carbocycles. The molecule has 6 nitrogen and oxygen atoms in total. The lowest BCUT2D eigenvalue weighted by Gasteiger charge is -2.13. The lowest BCUT2D eigenvalue weighted by atomic mass is 10.2. The van der Waals surface area contributed by atoms with Crippen molar-refractivity contribution >= 4 is 16.9 Å². The van der Waals surface area contributed by atoms with Gasteiger partial charge in [0.2, 0.25) is 5.75 Å². The van der Waals surface area contributed by atoms with Gasteiger partial charge in [-0.15, -0.1) is 0 Å². The zero-order valence-corrected chi connectivity index (χ0v) is 13.1. The Balaban J connectivity index is 2.21. The molecule has 0 spiro atoms. The first-order valence-electron chi connectivity index (χ1n) is 7.10. The molecule has 0 fully saturated rings. The summed E-state index contributed by atoms with van der Waals surface area (Å²) < 4.78 is 21.0. The van der Waals surface area contributed by atoms with E-state index in [0.717, 1.165) is 0 Å². The maximum absolute atomic E-state index is 12.4. The Bertz CT molecular complexity index is 943. The van der Waals surface area contributed by atoms with Crippen LogP contribution in [0.15, 0.2) is 57.7 Å². The zero-order chi connectivity index (χ0) is 17.1. The van der Waals surface area contributed by atoms with Gasteiger partial charge in [-0.25, -0.2) is 9.59 Å². The SMILES string of the molecule is COc1c(OC(=O)c2ccccc2)c2c(OC)cccc2oc1=O. The molecule has 122 valence electrons. The van der Waals surface area contributed by atoms with Crippen molar-refractivity contribution in [3.63, 3.8) is 0 Å². The summed E-state index contributed by atoms with van der Waals surface area (Å²) in [6, 6.07) is 13.4. The van der Waals surface area contributed by atoms with E-state index in [-0.39, 0.29) is 17.1 Å². The molecule has 0 aliphatic carbocycles. The Kier molecular flexibility index (Phi) is 4.20. The molecular formula is C18H14O6. The number of fused-ring (bicyclic) bond motifs is 1. The number of carbonyl (C=O) groups is 1. The Morgan fingerprint density at radius 3 is 2.33 bits per heavy atom. The Hall–Kier alpha value is -3.28. The van der Waals surface area contributed by atoms with Crippen molar-refractivity contribution in [2.45, 2.75) is 0 Å². The average molecular weight is 326 g/mol. The summed E-state index contributed by atoms with van der Waals surface area (Å²) in [6.45, 7) is 0. The van der Waals surface area contributed by atoms with Crippen LogP contribution in [0, 0.1) is 0 Å². The number of esters is 1. The van der Waals surface area contributed by atoms with Gasteiger partial charge in [-0.1, -0.05) is 24.3 Å². The van der Waals surface area contributed by atoms with E-state index in [1.54, 1.807) is 48.5 Å². The highest BCUT2D eigenvalue weighted by Crippen LogP contribution is 2.38. The molecule has 0 aliphatic heterocycles. The van der Waals surface area contributed by atoms with E-state index < -0.39 is 11.6 Å². The number of ether oxygens (including phenoxy) is 3. The van der Waals surface area contributed by atoms with E-state index >= 15 is 0 Å². The highest BCUT2D eigenvalue weighted by molar-refractivity contribution is 5.97. The predicted molar refractivity (Wildman–Crippen MR) is 87.0 cm³/mol. The van der Waals surface area contributed by atoms with Crippen molar-refractivity contribution in [2.75, 3.05) is 14.2 Å². The van der Waals surface area contributed by atoms with Crippen LogP contribution in [0.4, 0.5) is 0 Å². The zero-order valence-electron chi connectivity index (χ0n) is 13.1. The number of hydrogen-bond acceptors (Lipinski definition) is 6. The molecule has 1 heterocycles. The lowest BCUT2D eigenvalue weighted by Crippen LogP contribution is -2.13. The molecule has 1 aromatic heterocycles. The van der Waals surface area contributed by atoms with Crippen molar-refractivity contribution in [1.82, 2.24) is 0 Å². The highest BCUT2D eigenvalue weighted by atomic mass is 16.6. The molecule has 0 radical (unpaired) electrons. The summed E-state index contributed by atoms with van der Waals surface area (Å²) in [5.74, 6) is -0.455.